The van der Waals surface area contributed by atoms with Gasteiger partial charge in [0.2, 0.25) is 0 Å². The van der Waals surface area contributed by atoms with Gasteiger partial charge in [0.1, 0.15) is 0 Å². The molecule has 1 rings (SSSR count). The van der Waals surface area contributed by atoms with E-state index in [2.05, 4.69) is 18.8 Å². The highest BCUT2D eigenvalue weighted by molar-refractivity contribution is 7.20. The van der Waals surface area contributed by atoms with E-state index in [4.69, 9.17) is 27.9 Å². The van der Waals surface area contributed by atoms with Crippen LogP contribution in [0.2, 0.25) is 8.67 Å². The molecule has 0 bridgehead atoms. The third-order valence-electron chi connectivity index (χ3n) is 2.19. The molecule has 1 aromatic rings. The minimum Gasteiger partial charge on any atom is -0.376 e. The van der Waals surface area contributed by atoms with Gasteiger partial charge in [0.05, 0.1) is 21.9 Å². The number of halogens is 2. The largest absolute Gasteiger partial charge is 0.376 e. The highest BCUT2D eigenvalue weighted by atomic mass is 35.5. The first-order chi connectivity index (χ1) is 8.00. The molecule has 5 heteroatoms. The summed E-state index contributed by atoms with van der Waals surface area (Å²) in [6, 6.07) is 2.08. The topological polar surface area (TPSA) is 21.3 Å². The fourth-order valence-electron chi connectivity index (χ4n) is 1.35. The third-order valence-corrected chi connectivity index (χ3v) is 3.71. The molecule has 0 fully saturated rings. The molecule has 0 spiro atoms. The Labute approximate surface area is 117 Å². The number of thiophene rings is 1. The number of hydrogen-bond donors (Lipinski definition) is 1. The Bertz CT molecular complexity index is 379. The van der Waals surface area contributed by atoms with Gasteiger partial charge in [0.25, 0.3) is 0 Å². The lowest BCUT2D eigenvalue weighted by molar-refractivity contribution is 0.156. The molecule has 0 saturated carbocycles. The molecule has 0 aliphatic heterocycles. The van der Waals surface area contributed by atoms with Crippen molar-refractivity contribution in [3.8, 4) is 0 Å². The van der Waals surface area contributed by atoms with Crippen LogP contribution in [0.15, 0.2) is 18.2 Å². The van der Waals surface area contributed by atoms with Crippen molar-refractivity contribution in [2.24, 2.45) is 0 Å². The Balaban J connectivity index is 2.28. The van der Waals surface area contributed by atoms with Crippen LogP contribution in [-0.2, 0) is 4.74 Å². The summed E-state index contributed by atoms with van der Waals surface area (Å²) in [7, 11) is 0. The van der Waals surface area contributed by atoms with Gasteiger partial charge in [-0.25, -0.2) is 0 Å². The molecule has 1 unspecified atom stereocenters. The van der Waals surface area contributed by atoms with E-state index in [1.54, 1.807) is 0 Å². The van der Waals surface area contributed by atoms with E-state index < -0.39 is 0 Å². The molecular weight excluding hydrogens is 277 g/mol. The molecule has 1 atom stereocenters. The summed E-state index contributed by atoms with van der Waals surface area (Å²) in [6.07, 6.45) is 0. The van der Waals surface area contributed by atoms with Crippen LogP contribution in [-0.4, -0.2) is 19.8 Å². The molecule has 0 aliphatic rings. The molecule has 1 N–H and O–H groups in total. The summed E-state index contributed by atoms with van der Waals surface area (Å²) in [6.45, 7) is 9.83. The van der Waals surface area contributed by atoms with E-state index in [0.717, 1.165) is 26.4 Å². The molecule has 0 amide bonds. The quantitative estimate of drug-likeness (QED) is 0.598. The zero-order chi connectivity index (χ0) is 12.8. The van der Waals surface area contributed by atoms with Gasteiger partial charge in [-0.2, -0.15) is 0 Å². The summed E-state index contributed by atoms with van der Waals surface area (Å²) in [5.74, 6) is 0. The molecular formula is C12H17Cl2NOS. The van der Waals surface area contributed by atoms with Crippen LogP contribution in [0, 0.1) is 0 Å². The maximum absolute atomic E-state index is 6.07. The first kappa shape index (κ1) is 15.0. The maximum atomic E-state index is 6.07. The van der Waals surface area contributed by atoms with Gasteiger partial charge in [-0.15, -0.1) is 11.3 Å². The van der Waals surface area contributed by atoms with Crippen LogP contribution in [0.4, 0.5) is 0 Å². The lowest BCUT2D eigenvalue weighted by Gasteiger charge is -2.13. The van der Waals surface area contributed by atoms with E-state index in [1.165, 1.54) is 11.3 Å². The summed E-state index contributed by atoms with van der Waals surface area (Å²) in [4.78, 5) is 0. The molecule has 0 aromatic carbocycles. The number of hydrogen-bond acceptors (Lipinski definition) is 3. The van der Waals surface area contributed by atoms with Gasteiger partial charge in [-0.3, -0.25) is 0 Å². The van der Waals surface area contributed by atoms with Crippen LogP contribution in [0.3, 0.4) is 0 Å². The van der Waals surface area contributed by atoms with Crippen LogP contribution in [0.25, 0.3) is 0 Å². The minimum atomic E-state index is 0.180. The fraction of sp³-hybridized carbons (Fsp3) is 0.500. The monoisotopic (exact) mass is 293 g/mol. The third kappa shape index (κ3) is 5.40. The number of nitrogens with one attached hydrogen (secondary N) is 1. The van der Waals surface area contributed by atoms with Crippen LogP contribution >= 0.6 is 34.5 Å². The van der Waals surface area contributed by atoms with Crippen molar-refractivity contribution in [2.75, 3.05) is 19.8 Å². The van der Waals surface area contributed by atoms with E-state index in [1.807, 2.05) is 13.0 Å². The van der Waals surface area contributed by atoms with Crippen molar-refractivity contribution < 1.29 is 4.74 Å². The second kappa shape index (κ2) is 7.39. The first-order valence-electron chi connectivity index (χ1n) is 5.41. The predicted octanol–water partition coefficient (Wildman–Crippen LogP) is 4.30. The van der Waals surface area contributed by atoms with Crippen LogP contribution in [0.1, 0.15) is 25.5 Å². The van der Waals surface area contributed by atoms with Gasteiger partial charge >= 0.3 is 0 Å². The zero-order valence-electron chi connectivity index (χ0n) is 10.1. The number of rotatable bonds is 7. The van der Waals surface area contributed by atoms with Crippen molar-refractivity contribution in [1.29, 1.82) is 0 Å². The molecule has 96 valence electrons. The Morgan fingerprint density at radius 1 is 1.59 bits per heavy atom. The Kier molecular flexibility index (Phi) is 6.52. The second-order valence-electron chi connectivity index (χ2n) is 3.97. The minimum absolute atomic E-state index is 0.180. The van der Waals surface area contributed by atoms with E-state index in [-0.39, 0.29) is 6.04 Å². The van der Waals surface area contributed by atoms with Gasteiger partial charge in [-0.05, 0) is 25.5 Å². The van der Waals surface area contributed by atoms with Crippen LogP contribution in [0.5, 0.6) is 0 Å². The summed E-state index contributed by atoms with van der Waals surface area (Å²) in [5.41, 5.74) is 2.08. The van der Waals surface area contributed by atoms with E-state index in [0.29, 0.717) is 13.2 Å². The standard InChI is InChI=1S/C12H17Cl2NOS/c1-8(2)7-16-5-4-15-9(3)10-6-11(13)17-12(10)14/h6,9,15H,1,4-5,7H2,2-3H3. The van der Waals surface area contributed by atoms with Gasteiger partial charge in [0.15, 0.2) is 0 Å². The summed E-state index contributed by atoms with van der Waals surface area (Å²) < 4.78 is 6.87. The second-order valence-corrected chi connectivity index (χ2v) is 6.25. The van der Waals surface area contributed by atoms with Crippen molar-refractivity contribution in [1.82, 2.24) is 5.32 Å². The lowest BCUT2D eigenvalue weighted by Crippen LogP contribution is -2.23. The number of ether oxygens (including phenoxy) is 1. The van der Waals surface area contributed by atoms with Gasteiger partial charge in [-0.1, -0.05) is 35.4 Å². The van der Waals surface area contributed by atoms with Crippen molar-refractivity contribution in [3.05, 3.63) is 32.5 Å². The predicted molar refractivity (Wildman–Crippen MR) is 76.4 cm³/mol. The zero-order valence-corrected chi connectivity index (χ0v) is 12.4. The van der Waals surface area contributed by atoms with Gasteiger partial charge in [0, 0.05) is 12.6 Å². The Morgan fingerprint density at radius 3 is 2.82 bits per heavy atom. The van der Waals surface area contributed by atoms with Crippen molar-refractivity contribution >= 4 is 34.5 Å². The summed E-state index contributed by atoms with van der Waals surface area (Å²) in [5, 5.41) is 3.34. The van der Waals surface area contributed by atoms with Crippen LogP contribution < -0.4 is 5.32 Å². The molecule has 1 aromatic heterocycles. The SMILES string of the molecule is C=C(C)COCCNC(C)c1cc(Cl)sc1Cl. The van der Waals surface area contributed by atoms with Gasteiger partial charge < -0.3 is 10.1 Å². The molecule has 1 heterocycles. The molecule has 0 radical (unpaired) electrons. The maximum Gasteiger partial charge on any atom is 0.0991 e. The summed E-state index contributed by atoms with van der Waals surface area (Å²) >= 11 is 13.4. The molecule has 0 saturated heterocycles. The van der Waals surface area contributed by atoms with Crippen molar-refractivity contribution in [2.45, 2.75) is 19.9 Å². The molecule has 0 aliphatic carbocycles. The fourth-order valence-corrected chi connectivity index (χ4v) is 3.00. The Morgan fingerprint density at radius 2 is 2.29 bits per heavy atom. The highest BCUT2D eigenvalue weighted by Gasteiger charge is 2.12. The lowest BCUT2D eigenvalue weighted by atomic mass is 10.2. The first-order valence-corrected chi connectivity index (χ1v) is 6.98. The Hall–Kier alpha value is -0.0600. The molecule has 2 nitrogen and oxygen atoms in total. The van der Waals surface area contributed by atoms with E-state index in [9.17, 15) is 0 Å². The average molecular weight is 294 g/mol. The highest BCUT2D eigenvalue weighted by Crippen LogP contribution is 2.34. The van der Waals surface area contributed by atoms with E-state index >= 15 is 0 Å². The normalized spacial score (nSPS) is 12.7. The van der Waals surface area contributed by atoms with Crippen molar-refractivity contribution in [3.63, 3.8) is 0 Å². The molecule has 17 heavy (non-hydrogen) atoms. The smallest absolute Gasteiger partial charge is 0.0991 e. The average Bonchev–Trinajstić information content (AvgIpc) is 2.56.